The fourth-order valence-electron chi connectivity index (χ4n) is 2.62. The molecule has 2 rings (SSSR count). The van der Waals surface area contributed by atoms with Gasteiger partial charge in [0.15, 0.2) is 0 Å². The summed E-state index contributed by atoms with van der Waals surface area (Å²) in [5, 5.41) is 0. The quantitative estimate of drug-likeness (QED) is 0.798. The van der Waals surface area contributed by atoms with E-state index in [0.29, 0.717) is 19.5 Å². The van der Waals surface area contributed by atoms with Crippen molar-refractivity contribution in [2.24, 2.45) is 0 Å². The molecule has 1 aliphatic rings. The number of hydrogen-bond acceptors (Lipinski definition) is 3. The van der Waals surface area contributed by atoms with Gasteiger partial charge in [0.05, 0.1) is 6.10 Å². The lowest BCUT2D eigenvalue weighted by Crippen LogP contribution is -2.37. The summed E-state index contributed by atoms with van der Waals surface area (Å²) in [7, 11) is 1.87. The molecule has 1 aromatic rings. The maximum Gasteiger partial charge on any atom is 0.224 e. The van der Waals surface area contributed by atoms with E-state index in [-0.39, 0.29) is 12.0 Å². The number of carbonyl (C=O) groups excluding carboxylic acids is 1. The molecule has 0 saturated carbocycles. The van der Waals surface area contributed by atoms with Crippen LogP contribution in [-0.4, -0.2) is 46.7 Å². The summed E-state index contributed by atoms with van der Waals surface area (Å²) >= 11 is 0. The van der Waals surface area contributed by atoms with Crippen molar-refractivity contribution in [3.05, 3.63) is 18.2 Å². The van der Waals surface area contributed by atoms with Crippen molar-refractivity contribution in [2.75, 3.05) is 20.2 Å². The number of likely N-dealkylation sites (N-methyl/N-ethyl adjacent to an activating group) is 1. The van der Waals surface area contributed by atoms with Crippen molar-refractivity contribution in [1.82, 2.24) is 14.5 Å². The minimum atomic E-state index is 0.176. The van der Waals surface area contributed by atoms with E-state index >= 15 is 0 Å². The highest BCUT2D eigenvalue weighted by molar-refractivity contribution is 5.75. The molecule has 1 saturated heterocycles. The lowest BCUT2D eigenvalue weighted by Gasteiger charge is -2.27. The van der Waals surface area contributed by atoms with Crippen molar-refractivity contribution < 1.29 is 9.53 Å². The Bertz CT molecular complexity index is 425. The molecule has 20 heavy (non-hydrogen) atoms. The van der Waals surface area contributed by atoms with Crippen LogP contribution in [0, 0.1) is 0 Å². The SMILES string of the molecule is CCc1nccn1CCC(=O)N(C)C[C@H]1CCCCO1. The Kier molecular flexibility index (Phi) is 5.59. The monoisotopic (exact) mass is 279 g/mol. The number of amides is 1. The Hall–Kier alpha value is -1.36. The first-order chi connectivity index (χ1) is 9.70. The van der Waals surface area contributed by atoms with Gasteiger partial charge in [-0.1, -0.05) is 6.92 Å². The van der Waals surface area contributed by atoms with E-state index in [9.17, 15) is 4.79 Å². The summed E-state index contributed by atoms with van der Waals surface area (Å²) in [5.41, 5.74) is 0. The smallest absolute Gasteiger partial charge is 0.224 e. The van der Waals surface area contributed by atoms with E-state index in [4.69, 9.17) is 4.74 Å². The van der Waals surface area contributed by atoms with Crippen molar-refractivity contribution >= 4 is 5.91 Å². The number of hydrogen-bond donors (Lipinski definition) is 0. The maximum atomic E-state index is 12.1. The summed E-state index contributed by atoms with van der Waals surface area (Å²) in [6.45, 7) is 4.33. The Labute approximate surface area is 120 Å². The number of ether oxygens (including phenoxy) is 1. The van der Waals surface area contributed by atoms with E-state index in [1.165, 1.54) is 6.42 Å². The van der Waals surface area contributed by atoms with Crippen LogP contribution < -0.4 is 0 Å². The second-order valence-electron chi connectivity index (χ2n) is 5.40. The summed E-state index contributed by atoms with van der Waals surface area (Å²) in [6.07, 6.45) is 8.80. The van der Waals surface area contributed by atoms with Crippen LogP contribution in [0.1, 0.15) is 38.4 Å². The molecule has 1 aliphatic heterocycles. The molecule has 0 aromatic carbocycles. The van der Waals surface area contributed by atoms with Crippen LogP contribution in [0.4, 0.5) is 0 Å². The summed E-state index contributed by atoms with van der Waals surface area (Å²) in [5.74, 6) is 1.21. The summed E-state index contributed by atoms with van der Waals surface area (Å²) < 4.78 is 7.73. The van der Waals surface area contributed by atoms with Crippen LogP contribution in [0.25, 0.3) is 0 Å². The molecular weight excluding hydrogens is 254 g/mol. The minimum Gasteiger partial charge on any atom is -0.376 e. The number of imidazole rings is 1. The van der Waals surface area contributed by atoms with Crippen molar-refractivity contribution in [3.63, 3.8) is 0 Å². The van der Waals surface area contributed by atoms with E-state index in [1.54, 1.807) is 11.1 Å². The van der Waals surface area contributed by atoms with Gasteiger partial charge in [-0.25, -0.2) is 4.98 Å². The molecule has 0 radical (unpaired) electrons. The van der Waals surface area contributed by atoms with Gasteiger partial charge < -0.3 is 14.2 Å². The van der Waals surface area contributed by atoms with Gasteiger partial charge in [0, 0.05) is 52.0 Å². The zero-order chi connectivity index (χ0) is 14.4. The molecule has 1 atom stereocenters. The highest BCUT2D eigenvalue weighted by atomic mass is 16.5. The molecular formula is C15H25N3O2. The molecule has 0 spiro atoms. The molecule has 1 fully saturated rings. The summed E-state index contributed by atoms with van der Waals surface area (Å²) in [4.78, 5) is 18.2. The number of nitrogens with zero attached hydrogens (tertiary/aromatic N) is 3. The normalized spacial score (nSPS) is 19.0. The molecule has 0 bridgehead atoms. The molecule has 1 amide bonds. The van der Waals surface area contributed by atoms with Gasteiger partial charge >= 0.3 is 0 Å². The first kappa shape index (κ1) is 15.0. The lowest BCUT2D eigenvalue weighted by molar-refractivity contribution is -0.132. The molecule has 5 nitrogen and oxygen atoms in total. The number of rotatable bonds is 6. The Morgan fingerprint density at radius 1 is 1.55 bits per heavy atom. The largest absolute Gasteiger partial charge is 0.376 e. The van der Waals surface area contributed by atoms with E-state index < -0.39 is 0 Å². The van der Waals surface area contributed by atoms with Gasteiger partial charge in [0.25, 0.3) is 0 Å². The number of carbonyl (C=O) groups is 1. The van der Waals surface area contributed by atoms with E-state index in [1.807, 2.05) is 13.2 Å². The molecule has 112 valence electrons. The van der Waals surface area contributed by atoms with Crippen LogP contribution in [0.5, 0.6) is 0 Å². The molecule has 0 unspecified atom stereocenters. The molecule has 2 heterocycles. The second-order valence-corrected chi connectivity index (χ2v) is 5.40. The van der Waals surface area contributed by atoms with Crippen molar-refractivity contribution in [2.45, 2.75) is 51.7 Å². The number of aromatic nitrogens is 2. The standard InChI is InChI=1S/C15H25N3O2/c1-3-14-16-8-10-18(14)9-7-15(19)17(2)12-13-6-4-5-11-20-13/h8,10,13H,3-7,9,11-12H2,1-2H3/t13-/m1/s1. The van der Waals surface area contributed by atoms with Gasteiger partial charge in [0.1, 0.15) is 5.82 Å². The van der Waals surface area contributed by atoms with Crippen LogP contribution in [0.3, 0.4) is 0 Å². The predicted molar refractivity (Wildman–Crippen MR) is 77.5 cm³/mol. The topological polar surface area (TPSA) is 47.4 Å². The lowest BCUT2D eigenvalue weighted by atomic mass is 10.1. The third-order valence-corrected chi connectivity index (χ3v) is 3.86. The van der Waals surface area contributed by atoms with Gasteiger partial charge in [-0.3, -0.25) is 4.79 Å². The zero-order valence-electron chi connectivity index (χ0n) is 12.5. The zero-order valence-corrected chi connectivity index (χ0v) is 12.5. The van der Waals surface area contributed by atoms with Gasteiger partial charge in [-0.05, 0) is 19.3 Å². The molecule has 0 N–H and O–H groups in total. The van der Waals surface area contributed by atoms with Gasteiger partial charge in [0.2, 0.25) is 5.91 Å². The molecule has 5 heteroatoms. The van der Waals surface area contributed by atoms with Gasteiger partial charge in [-0.15, -0.1) is 0 Å². The first-order valence-electron chi connectivity index (χ1n) is 7.56. The average Bonchev–Trinajstić information content (AvgIpc) is 2.93. The Morgan fingerprint density at radius 2 is 2.40 bits per heavy atom. The van der Waals surface area contributed by atoms with Crippen molar-refractivity contribution in [3.8, 4) is 0 Å². The highest BCUT2D eigenvalue weighted by Gasteiger charge is 2.18. The van der Waals surface area contributed by atoms with Crippen molar-refractivity contribution in [1.29, 1.82) is 0 Å². The van der Waals surface area contributed by atoms with Crippen LogP contribution >= 0.6 is 0 Å². The fraction of sp³-hybridized carbons (Fsp3) is 0.733. The second kappa shape index (κ2) is 7.43. The predicted octanol–water partition coefficient (Wildman–Crippen LogP) is 1.86. The van der Waals surface area contributed by atoms with E-state index in [0.717, 1.165) is 31.7 Å². The van der Waals surface area contributed by atoms with Gasteiger partial charge in [-0.2, -0.15) is 0 Å². The Balaban J connectivity index is 1.76. The van der Waals surface area contributed by atoms with E-state index in [2.05, 4.69) is 16.5 Å². The molecule has 1 aromatic heterocycles. The van der Waals surface area contributed by atoms with Crippen LogP contribution in [0.15, 0.2) is 12.4 Å². The highest BCUT2D eigenvalue weighted by Crippen LogP contribution is 2.13. The molecule has 0 aliphatic carbocycles. The third kappa shape index (κ3) is 4.07. The summed E-state index contributed by atoms with van der Waals surface area (Å²) in [6, 6.07) is 0. The van der Waals surface area contributed by atoms with Crippen LogP contribution in [0.2, 0.25) is 0 Å². The number of aryl methyl sites for hydroxylation is 2. The average molecular weight is 279 g/mol. The Morgan fingerprint density at radius 3 is 3.10 bits per heavy atom. The maximum absolute atomic E-state index is 12.1. The third-order valence-electron chi connectivity index (χ3n) is 3.86. The first-order valence-corrected chi connectivity index (χ1v) is 7.56. The fourth-order valence-corrected chi connectivity index (χ4v) is 2.62. The minimum absolute atomic E-state index is 0.176. The van der Waals surface area contributed by atoms with Crippen LogP contribution in [-0.2, 0) is 22.5 Å².